The van der Waals surface area contributed by atoms with Crippen molar-refractivity contribution in [1.29, 1.82) is 0 Å². The first-order valence-electron chi connectivity index (χ1n) is 22.0. The van der Waals surface area contributed by atoms with E-state index in [1.165, 1.54) is 88.3 Å². The molecule has 0 radical (unpaired) electrons. The molecule has 320 valence electrons. The third kappa shape index (κ3) is 11.7. The van der Waals surface area contributed by atoms with Gasteiger partial charge in [0.1, 0.15) is 0 Å². The van der Waals surface area contributed by atoms with E-state index in [4.69, 9.17) is 0 Å². The zero-order valence-electron chi connectivity index (χ0n) is 37.9. The Labute approximate surface area is 409 Å². The molecule has 3 heteroatoms. The molecule has 0 nitrogen and oxygen atoms in total. The normalized spacial score (nSPS) is 12.2. The van der Waals surface area contributed by atoms with Gasteiger partial charge in [-0.3, -0.25) is 6.08 Å². The summed E-state index contributed by atoms with van der Waals surface area (Å²) in [5.41, 5.74) is 16.2. The van der Waals surface area contributed by atoms with Crippen LogP contribution in [0.4, 0.5) is 0 Å². The van der Waals surface area contributed by atoms with Crippen LogP contribution in [0.15, 0.2) is 182 Å². The Kier molecular flexibility index (Phi) is 16.2. The number of halogens is 2. The fourth-order valence-corrected chi connectivity index (χ4v) is 9.67. The van der Waals surface area contributed by atoms with Crippen molar-refractivity contribution in [3.63, 3.8) is 0 Å². The quantitative estimate of drug-likeness (QED) is 0.146. The number of fused-ring (bicyclic) bond motifs is 5. The van der Waals surface area contributed by atoms with E-state index in [1.807, 2.05) is 12.2 Å². The second-order valence-electron chi connectivity index (χ2n) is 18.7. The minimum atomic E-state index is -0.00679. The monoisotopic (exact) mass is 948 g/mol. The van der Waals surface area contributed by atoms with Gasteiger partial charge >= 0.3 is 112 Å². The molecule has 2 aliphatic rings. The van der Waals surface area contributed by atoms with Crippen molar-refractivity contribution in [3.05, 3.63) is 228 Å². The van der Waals surface area contributed by atoms with Crippen LogP contribution >= 0.6 is 0 Å². The van der Waals surface area contributed by atoms with Gasteiger partial charge < -0.3 is 24.8 Å². The van der Waals surface area contributed by atoms with Crippen LogP contribution in [0.5, 0.6) is 0 Å². The van der Waals surface area contributed by atoms with Gasteiger partial charge in [-0.15, -0.1) is 35.2 Å². The van der Waals surface area contributed by atoms with E-state index in [9.17, 15) is 0 Å². The van der Waals surface area contributed by atoms with E-state index in [1.54, 1.807) is 27.4 Å². The molecule has 0 aromatic heterocycles. The molecule has 0 saturated heterocycles. The van der Waals surface area contributed by atoms with Gasteiger partial charge in [-0.1, -0.05) is 149 Å². The average Bonchev–Trinajstić information content (AvgIpc) is 3.98. The molecule has 0 fully saturated rings. The summed E-state index contributed by atoms with van der Waals surface area (Å²) < 4.78 is 1.60. The van der Waals surface area contributed by atoms with Crippen LogP contribution in [0.2, 0.25) is 0 Å². The molecular weight excluding hydrogens is 895 g/mol. The maximum atomic E-state index is 3.97. The van der Waals surface area contributed by atoms with Crippen LogP contribution in [-0.2, 0) is 54.3 Å². The van der Waals surface area contributed by atoms with Crippen molar-refractivity contribution >= 4 is 24.8 Å². The van der Waals surface area contributed by atoms with Gasteiger partial charge in [0.05, 0.1) is 0 Å². The fourth-order valence-electron chi connectivity index (χ4n) is 8.67. The molecule has 2 aliphatic carbocycles. The van der Waals surface area contributed by atoms with Gasteiger partial charge in [-0.25, -0.2) is 12.2 Å². The second kappa shape index (κ2) is 21.4. The molecular formula is C61H56Cl2Zr-2. The van der Waals surface area contributed by atoms with Crippen LogP contribution in [0.3, 0.4) is 0 Å². The van der Waals surface area contributed by atoms with Crippen LogP contribution in [-0.4, -0.2) is 3.21 Å². The molecule has 64 heavy (non-hydrogen) atoms. The van der Waals surface area contributed by atoms with Gasteiger partial charge in [-0.2, -0.15) is 6.08 Å². The summed E-state index contributed by atoms with van der Waals surface area (Å²) >= 11 is 1.55. The molecule has 0 aliphatic heterocycles. The van der Waals surface area contributed by atoms with Gasteiger partial charge in [0.2, 0.25) is 0 Å². The molecule has 8 aromatic carbocycles. The molecule has 0 saturated carbocycles. The van der Waals surface area contributed by atoms with Gasteiger partial charge in [-0.05, 0) is 67.1 Å². The summed E-state index contributed by atoms with van der Waals surface area (Å²) in [5, 5.41) is 5.12. The first-order valence-corrected chi connectivity index (χ1v) is 23.3. The van der Waals surface area contributed by atoms with Crippen molar-refractivity contribution in [1.82, 2.24) is 0 Å². The number of benzene rings is 8. The minimum absolute atomic E-state index is 0. The molecule has 0 N–H and O–H groups in total. The Morgan fingerprint density at radius 2 is 1.02 bits per heavy atom. The van der Waals surface area contributed by atoms with E-state index in [0.29, 0.717) is 0 Å². The molecule has 0 bridgehead atoms. The number of hydrogen-bond donors (Lipinski definition) is 0. The van der Waals surface area contributed by atoms with E-state index in [0.717, 1.165) is 25.7 Å². The van der Waals surface area contributed by atoms with Crippen molar-refractivity contribution in [2.24, 2.45) is 0 Å². The Hall–Kier alpha value is -4.91. The molecule has 0 spiro atoms. The average molecular weight is 951 g/mol. The second-order valence-corrected chi connectivity index (χ2v) is 20.5. The summed E-state index contributed by atoms with van der Waals surface area (Å²) in [5.74, 6) is 0. The Balaban J connectivity index is 0.000000245. The zero-order chi connectivity index (χ0) is 43.3. The summed E-state index contributed by atoms with van der Waals surface area (Å²) in [4.78, 5) is 0. The Morgan fingerprint density at radius 1 is 0.516 bits per heavy atom. The Bertz CT molecular complexity index is 2730. The predicted octanol–water partition coefficient (Wildman–Crippen LogP) is 9.80. The van der Waals surface area contributed by atoms with Crippen molar-refractivity contribution in [3.8, 4) is 33.4 Å². The fraction of sp³-hybridized carbons (Fsp3) is 0.197. The molecule has 0 amide bonds. The van der Waals surface area contributed by atoms with Crippen molar-refractivity contribution in [2.45, 2.75) is 78.1 Å². The standard InChI is InChI=1S/C41H37.C15H14.C5H5.2ClH.Zr/c1-40(2,3)38-24-34-32(22-36(38)30-17-15-26-11-7-9-13-28(26)19-30)21-33-23-37(39(25-35(33)34)41(4,5)6)31-18-16-27-12-8-10-14-29(27)20-31;1-3-8-14(9-4-1)12-7-13-15-10-5-2-6-11-15;1-2-4-5-3-1;;;/h7-20,22,24-25H,21H2,1-6H3;1-6,8-11H,12-13H2;1-3H,4H2;2*1H;/q-1;;-1;;;+2/p-2. The van der Waals surface area contributed by atoms with E-state index in [-0.39, 0.29) is 35.6 Å². The number of rotatable bonds is 6. The molecule has 0 unspecified atom stereocenters. The SMILES string of the molecule is CC(C)(C)c1cc2c([c-]c1-c1ccc3ccccc3c1)Cc1cc(-c3ccc4ccccc4c3)c(C(C)(C)C)cc1-2.[C-]1=CC=CC1.[Cl-].[Cl-].[Zr+2]=[C](Cc1ccccc1)Cc1ccccc1. The topological polar surface area (TPSA) is 0 Å². The molecule has 0 atom stereocenters. The number of hydrogen-bond acceptors (Lipinski definition) is 0. The van der Waals surface area contributed by atoms with Crippen LogP contribution in [0.25, 0.3) is 54.9 Å². The zero-order valence-corrected chi connectivity index (χ0v) is 41.9. The number of allylic oxidation sites excluding steroid dienone is 4. The van der Waals surface area contributed by atoms with Crippen molar-refractivity contribution < 1.29 is 49.0 Å². The van der Waals surface area contributed by atoms with Crippen LogP contribution in [0.1, 0.15) is 81.3 Å². The van der Waals surface area contributed by atoms with Crippen LogP contribution in [0, 0.1) is 12.1 Å². The van der Waals surface area contributed by atoms with E-state index >= 15 is 0 Å². The third-order valence-electron chi connectivity index (χ3n) is 11.9. The van der Waals surface area contributed by atoms with Gasteiger partial charge in [0.25, 0.3) is 0 Å². The molecule has 10 rings (SSSR count). The van der Waals surface area contributed by atoms with Gasteiger partial charge in [0.15, 0.2) is 0 Å². The summed E-state index contributed by atoms with van der Waals surface area (Å²) in [7, 11) is 0. The molecule has 8 aromatic rings. The van der Waals surface area contributed by atoms with Crippen molar-refractivity contribution in [2.75, 3.05) is 0 Å². The van der Waals surface area contributed by atoms with Crippen LogP contribution < -0.4 is 24.8 Å². The first kappa shape index (κ1) is 48.5. The summed E-state index contributed by atoms with van der Waals surface area (Å²) in [6, 6.07) is 63.9. The third-order valence-corrected chi connectivity index (χ3v) is 12.8. The maximum absolute atomic E-state index is 3.97. The first-order chi connectivity index (χ1) is 29.9. The molecule has 0 heterocycles. The van der Waals surface area contributed by atoms with Gasteiger partial charge in [0, 0.05) is 0 Å². The Morgan fingerprint density at radius 3 is 1.52 bits per heavy atom. The summed E-state index contributed by atoms with van der Waals surface area (Å²) in [6.07, 6.45) is 13.2. The van der Waals surface area contributed by atoms with E-state index in [2.05, 4.69) is 224 Å². The summed E-state index contributed by atoms with van der Waals surface area (Å²) in [6.45, 7) is 14.0. The predicted molar refractivity (Wildman–Crippen MR) is 264 cm³/mol. The van der Waals surface area contributed by atoms with E-state index < -0.39 is 0 Å².